The maximum Gasteiger partial charge on any atom is 0.314 e. The van der Waals surface area contributed by atoms with Gasteiger partial charge in [-0.25, -0.2) is 4.98 Å². The van der Waals surface area contributed by atoms with Crippen LogP contribution in [0.25, 0.3) is 31.3 Å². The van der Waals surface area contributed by atoms with Crippen molar-refractivity contribution in [2.24, 2.45) is 23.7 Å². The van der Waals surface area contributed by atoms with E-state index in [4.69, 9.17) is 18.9 Å². The third-order valence-corrected chi connectivity index (χ3v) is 10.8. The van der Waals surface area contributed by atoms with E-state index >= 15 is 0 Å². The van der Waals surface area contributed by atoms with Gasteiger partial charge < -0.3 is 13.9 Å². The van der Waals surface area contributed by atoms with Crippen molar-refractivity contribution in [2.45, 2.75) is 72.1 Å². The number of aryl methyl sites for hydroxylation is 1. The molecule has 3 aromatic heterocycles. The number of rotatable bonds is 7. The predicted octanol–water partition coefficient (Wildman–Crippen LogP) is 7.68. The van der Waals surface area contributed by atoms with Crippen molar-refractivity contribution < 1.29 is 33.1 Å². The van der Waals surface area contributed by atoms with Crippen LogP contribution in [0.2, 0.25) is 0 Å². The number of hydrogen-bond donors (Lipinski definition) is 0. The molecule has 0 amide bonds. The number of thiazole rings is 1. The molecule has 4 aromatic rings. The van der Waals surface area contributed by atoms with Gasteiger partial charge in [0.05, 0.1) is 16.5 Å². The Morgan fingerprint density at radius 1 is 0.762 bits per heavy atom. The summed E-state index contributed by atoms with van der Waals surface area (Å²) in [7, 11) is 0. The van der Waals surface area contributed by atoms with Crippen molar-refractivity contribution in [3.8, 4) is 22.3 Å². The SMILES string of the molecule is CC(=O)C1CCC(C(=O)Oc2ccc(OC(=O)C3CCC(C(C)=O)CC3)c3sc(-c4cc5sc(C)cc5o4)nc23)CC1. The number of fused-ring (bicyclic) bond motifs is 2. The highest BCUT2D eigenvalue weighted by atomic mass is 32.1. The number of esters is 2. The third-order valence-electron chi connectivity index (χ3n) is 8.70. The maximum absolute atomic E-state index is 13.2. The molecule has 42 heavy (non-hydrogen) atoms. The summed E-state index contributed by atoms with van der Waals surface area (Å²) < 4.78 is 19.5. The average molecular weight is 608 g/mol. The zero-order valence-corrected chi connectivity index (χ0v) is 25.5. The monoisotopic (exact) mass is 607 g/mol. The van der Waals surface area contributed by atoms with E-state index in [0.29, 0.717) is 83.9 Å². The van der Waals surface area contributed by atoms with Crippen LogP contribution in [0.15, 0.2) is 28.7 Å². The Morgan fingerprint density at radius 3 is 1.83 bits per heavy atom. The van der Waals surface area contributed by atoms with E-state index in [9.17, 15) is 19.2 Å². The zero-order valence-electron chi connectivity index (χ0n) is 23.9. The van der Waals surface area contributed by atoms with E-state index in [1.165, 1.54) is 11.3 Å². The molecule has 0 spiro atoms. The number of thiophene rings is 1. The van der Waals surface area contributed by atoms with Crippen LogP contribution < -0.4 is 9.47 Å². The molecule has 220 valence electrons. The van der Waals surface area contributed by atoms with Crippen molar-refractivity contribution in [1.82, 2.24) is 4.98 Å². The van der Waals surface area contributed by atoms with E-state index in [1.807, 2.05) is 19.1 Å². The van der Waals surface area contributed by atoms with E-state index in [-0.39, 0.29) is 47.2 Å². The van der Waals surface area contributed by atoms with Gasteiger partial charge in [-0.1, -0.05) is 0 Å². The molecule has 3 heterocycles. The molecule has 1 aromatic carbocycles. The first kappa shape index (κ1) is 28.7. The highest BCUT2D eigenvalue weighted by molar-refractivity contribution is 7.22. The molecule has 2 fully saturated rings. The minimum atomic E-state index is -0.339. The second kappa shape index (κ2) is 11.7. The summed E-state index contributed by atoms with van der Waals surface area (Å²) in [5.41, 5.74) is 1.22. The molecule has 2 aliphatic carbocycles. The minimum absolute atomic E-state index is 0.0139. The van der Waals surface area contributed by atoms with Crippen molar-refractivity contribution in [3.05, 3.63) is 29.1 Å². The topological polar surface area (TPSA) is 113 Å². The summed E-state index contributed by atoms with van der Waals surface area (Å²) >= 11 is 2.96. The van der Waals surface area contributed by atoms with E-state index in [0.717, 1.165) is 15.2 Å². The van der Waals surface area contributed by atoms with Gasteiger partial charge in [0.1, 0.15) is 27.4 Å². The summed E-state index contributed by atoms with van der Waals surface area (Å²) in [6, 6.07) is 7.22. The molecule has 0 unspecified atom stereocenters. The van der Waals surface area contributed by atoms with Gasteiger partial charge in [0.2, 0.25) is 0 Å². The van der Waals surface area contributed by atoms with Gasteiger partial charge >= 0.3 is 11.9 Å². The second-order valence-corrected chi connectivity index (χ2v) is 13.9. The molecule has 6 rings (SSSR count). The third kappa shape index (κ3) is 5.79. The number of nitrogens with zero attached hydrogens (tertiary/aromatic N) is 1. The molecule has 0 radical (unpaired) electrons. The van der Waals surface area contributed by atoms with Crippen molar-refractivity contribution in [1.29, 1.82) is 0 Å². The van der Waals surface area contributed by atoms with Crippen LogP contribution in [-0.4, -0.2) is 28.5 Å². The van der Waals surface area contributed by atoms with Crippen LogP contribution in [0, 0.1) is 30.6 Å². The molecular weight excluding hydrogens is 574 g/mol. The van der Waals surface area contributed by atoms with Gasteiger partial charge in [-0.15, -0.1) is 22.7 Å². The Bertz CT molecular complexity index is 1560. The zero-order chi connectivity index (χ0) is 29.5. The summed E-state index contributed by atoms with van der Waals surface area (Å²) in [5.74, 6) is 0.412. The summed E-state index contributed by atoms with van der Waals surface area (Å²) in [4.78, 5) is 55.8. The van der Waals surface area contributed by atoms with E-state index in [1.54, 1.807) is 37.3 Å². The molecule has 0 aliphatic heterocycles. The van der Waals surface area contributed by atoms with Gasteiger partial charge in [0.15, 0.2) is 22.3 Å². The normalized spacial score (nSPS) is 22.7. The van der Waals surface area contributed by atoms with E-state index in [2.05, 4.69) is 0 Å². The minimum Gasteiger partial charge on any atom is -0.453 e. The predicted molar refractivity (Wildman–Crippen MR) is 161 cm³/mol. The fourth-order valence-electron chi connectivity index (χ4n) is 6.14. The van der Waals surface area contributed by atoms with E-state index < -0.39 is 0 Å². The van der Waals surface area contributed by atoms with Gasteiger partial charge in [-0.3, -0.25) is 19.2 Å². The molecule has 0 bridgehead atoms. The first-order valence-corrected chi connectivity index (χ1v) is 16.2. The van der Waals surface area contributed by atoms with Crippen molar-refractivity contribution >= 4 is 66.7 Å². The molecule has 0 atom stereocenters. The number of carbonyl (C=O) groups is 4. The lowest BCUT2D eigenvalue weighted by molar-refractivity contribution is -0.141. The summed E-state index contributed by atoms with van der Waals surface area (Å²) in [5, 5.41) is 0.593. The first-order chi connectivity index (χ1) is 20.2. The number of furan rings is 1. The Morgan fingerprint density at radius 2 is 1.29 bits per heavy atom. The van der Waals surface area contributed by atoms with Gasteiger partial charge in [0, 0.05) is 22.8 Å². The first-order valence-electron chi connectivity index (χ1n) is 14.5. The Hall–Kier alpha value is -3.37. The van der Waals surface area contributed by atoms with Crippen molar-refractivity contribution in [2.75, 3.05) is 0 Å². The Balaban J connectivity index is 1.28. The lowest BCUT2D eigenvalue weighted by atomic mass is 9.80. The molecule has 10 heteroatoms. The van der Waals surface area contributed by atoms with Gasteiger partial charge in [-0.05, 0) is 90.3 Å². The highest BCUT2D eigenvalue weighted by Crippen LogP contribution is 2.43. The van der Waals surface area contributed by atoms with Crippen LogP contribution >= 0.6 is 22.7 Å². The number of aromatic nitrogens is 1. The van der Waals surface area contributed by atoms with Crippen LogP contribution in [0.3, 0.4) is 0 Å². The molecule has 0 saturated heterocycles. The molecular formula is C32H33NO7S2. The Labute approximate surface area is 251 Å². The number of Topliss-reactive ketones (excluding diaryl/α,β-unsaturated/α-hetero) is 2. The quantitative estimate of drug-likeness (QED) is 0.155. The average Bonchev–Trinajstić information content (AvgIpc) is 3.68. The van der Waals surface area contributed by atoms with Crippen LogP contribution in [0.1, 0.15) is 70.1 Å². The summed E-state index contributed by atoms with van der Waals surface area (Å²) in [6.45, 7) is 5.24. The Kier molecular flexibility index (Phi) is 8.02. The molecule has 2 saturated carbocycles. The fourth-order valence-corrected chi connectivity index (χ4v) is 8.01. The molecule has 8 nitrogen and oxygen atoms in total. The summed E-state index contributed by atoms with van der Waals surface area (Å²) in [6.07, 6.45) is 5.19. The second-order valence-electron chi connectivity index (χ2n) is 11.6. The number of hydrogen-bond acceptors (Lipinski definition) is 10. The van der Waals surface area contributed by atoms with Crippen molar-refractivity contribution in [3.63, 3.8) is 0 Å². The van der Waals surface area contributed by atoms with Crippen LogP contribution in [-0.2, 0) is 19.2 Å². The molecule has 2 aliphatic rings. The van der Waals surface area contributed by atoms with Gasteiger partial charge in [-0.2, -0.15) is 0 Å². The number of benzene rings is 1. The van der Waals surface area contributed by atoms with Crippen LogP contribution in [0.4, 0.5) is 0 Å². The number of ether oxygens (including phenoxy) is 2. The smallest absolute Gasteiger partial charge is 0.314 e. The lowest BCUT2D eigenvalue weighted by Gasteiger charge is -2.25. The number of ketones is 2. The fraction of sp³-hybridized carbons (Fsp3) is 0.469. The highest BCUT2D eigenvalue weighted by Gasteiger charge is 2.32. The van der Waals surface area contributed by atoms with Gasteiger partial charge in [0.25, 0.3) is 0 Å². The largest absolute Gasteiger partial charge is 0.453 e. The van der Waals surface area contributed by atoms with Crippen LogP contribution in [0.5, 0.6) is 11.5 Å². The number of carbonyl (C=O) groups excluding carboxylic acids is 4. The lowest BCUT2D eigenvalue weighted by Crippen LogP contribution is -2.28. The standard InChI is InChI=1S/C32H33NO7S2/c1-16-14-25-27(41-16)15-26(38-25)30-33-28-23(39-31(36)21-8-4-19(5-9-21)17(2)34)12-13-24(29(28)42-30)40-32(37)22-10-6-20(7-11-22)18(3)35/h12-15,19-22H,4-11H2,1-3H3. The maximum atomic E-state index is 13.2. The molecule has 0 N–H and O–H groups in total.